The number of hydrogen-bond acceptors (Lipinski definition) is 0. The van der Waals surface area contributed by atoms with Crippen molar-refractivity contribution in [2.24, 2.45) is 5.92 Å². The van der Waals surface area contributed by atoms with E-state index < -0.39 is 0 Å². The Morgan fingerprint density at radius 1 is 0.500 bits per heavy atom. The van der Waals surface area contributed by atoms with E-state index >= 15 is 0 Å². The molecule has 0 radical (unpaired) electrons. The fraction of sp³-hybridized carbons (Fsp3) is 0.133. The molecule has 4 rings (SSSR count). The van der Waals surface area contributed by atoms with Gasteiger partial charge in [-0.1, -0.05) is 127 Å². The van der Waals surface area contributed by atoms with Gasteiger partial charge in [-0.2, -0.15) is 0 Å². The molecule has 0 saturated carbocycles. The standard InChI is InChI=1S/C30H28/c1-5-13-25(14-6-1)23-27(24-26-15-7-2-8-16-26)21-22-30(28-17-9-3-10-18-28)29-19-11-4-12-20-29/h1-20,22,27H,21,23-24H2. The van der Waals surface area contributed by atoms with Gasteiger partial charge in [0.15, 0.2) is 0 Å². The van der Waals surface area contributed by atoms with Crippen LogP contribution < -0.4 is 0 Å². The molecule has 0 atom stereocenters. The maximum Gasteiger partial charge on any atom is -0.0151 e. The summed E-state index contributed by atoms with van der Waals surface area (Å²) >= 11 is 0. The molecule has 148 valence electrons. The Morgan fingerprint density at radius 2 is 0.867 bits per heavy atom. The first kappa shape index (κ1) is 19.9. The van der Waals surface area contributed by atoms with E-state index in [2.05, 4.69) is 127 Å². The van der Waals surface area contributed by atoms with Gasteiger partial charge in [-0.25, -0.2) is 0 Å². The molecule has 4 aromatic carbocycles. The van der Waals surface area contributed by atoms with Gasteiger partial charge in [0.05, 0.1) is 0 Å². The average Bonchev–Trinajstić information content (AvgIpc) is 2.82. The van der Waals surface area contributed by atoms with Gasteiger partial charge in [-0.15, -0.1) is 0 Å². The van der Waals surface area contributed by atoms with Crippen LogP contribution in [0.1, 0.15) is 28.7 Å². The summed E-state index contributed by atoms with van der Waals surface area (Å²) < 4.78 is 0. The first-order chi connectivity index (χ1) is 14.9. The van der Waals surface area contributed by atoms with Crippen LogP contribution in [0.3, 0.4) is 0 Å². The Bertz CT molecular complexity index is 949. The quantitative estimate of drug-likeness (QED) is 0.291. The van der Waals surface area contributed by atoms with Crippen molar-refractivity contribution in [2.75, 3.05) is 0 Å². The zero-order chi connectivity index (χ0) is 20.4. The molecule has 0 saturated heterocycles. The van der Waals surface area contributed by atoms with Crippen LogP contribution in [0.25, 0.3) is 5.57 Å². The number of hydrogen-bond donors (Lipinski definition) is 0. The van der Waals surface area contributed by atoms with E-state index in [1.807, 2.05) is 0 Å². The van der Waals surface area contributed by atoms with Crippen molar-refractivity contribution in [3.05, 3.63) is 150 Å². The zero-order valence-corrected chi connectivity index (χ0v) is 17.3. The molecule has 0 bridgehead atoms. The Balaban J connectivity index is 1.62. The minimum absolute atomic E-state index is 0.553. The second-order valence-corrected chi connectivity index (χ2v) is 7.83. The lowest BCUT2D eigenvalue weighted by Crippen LogP contribution is -2.08. The Morgan fingerprint density at radius 3 is 1.27 bits per heavy atom. The highest BCUT2D eigenvalue weighted by Crippen LogP contribution is 2.27. The van der Waals surface area contributed by atoms with Gasteiger partial charge in [0.1, 0.15) is 0 Å². The number of benzene rings is 4. The third kappa shape index (κ3) is 5.58. The van der Waals surface area contributed by atoms with Crippen LogP contribution in [0.2, 0.25) is 0 Å². The largest absolute Gasteiger partial charge is 0.0758 e. The summed E-state index contributed by atoms with van der Waals surface area (Å²) in [5.41, 5.74) is 6.70. The summed E-state index contributed by atoms with van der Waals surface area (Å²) in [6, 6.07) is 43.3. The van der Waals surface area contributed by atoms with Crippen molar-refractivity contribution in [1.29, 1.82) is 0 Å². The van der Waals surface area contributed by atoms with Crippen molar-refractivity contribution in [3.63, 3.8) is 0 Å². The van der Waals surface area contributed by atoms with Crippen molar-refractivity contribution >= 4 is 5.57 Å². The topological polar surface area (TPSA) is 0 Å². The predicted molar refractivity (Wildman–Crippen MR) is 128 cm³/mol. The summed E-state index contributed by atoms with van der Waals surface area (Å²) in [5, 5.41) is 0. The highest BCUT2D eigenvalue weighted by atomic mass is 14.2. The molecule has 0 aromatic heterocycles. The average molecular weight is 389 g/mol. The van der Waals surface area contributed by atoms with Crippen LogP contribution in [0, 0.1) is 5.92 Å². The minimum Gasteiger partial charge on any atom is -0.0758 e. The van der Waals surface area contributed by atoms with Crippen LogP contribution in [0.4, 0.5) is 0 Å². The summed E-state index contributed by atoms with van der Waals surface area (Å²) in [6.45, 7) is 0. The van der Waals surface area contributed by atoms with Gasteiger partial charge >= 0.3 is 0 Å². The van der Waals surface area contributed by atoms with E-state index in [0.29, 0.717) is 5.92 Å². The van der Waals surface area contributed by atoms with Crippen molar-refractivity contribution in [2.45, 2.75) is 19.3 Å². The molecule has 0 amide bonds. The van der Waals surface area contributed by atoms with Crippen LogP contribution in [-0.4, -0.2) is 0 Å². The Kier molecular flexibility index (Phi) is 6.91. The maximum atomic E-state index is 2.45. The molecule has 0 nitrogen and oxygen atoms in total. The second-order valence-electron chi connectivity index (χ2n) is 7.83. The van der Waals surface area contributed by atoms with E-state index in [0.717, 1.165) is 19.3 Å². The van der Waals surface area contributed by atoms with Crippen LogP contribution in [-0.2, 0) is 12.8 Å². The molecule has 0 fully saturated rings. The summed E-state index contributed by atoms with van der Waals surface area (Å²) in [7, 11) is 0. The second kappa shape index (κ2) is 10.4. The Hall–Kier alpha value is -3.38. The normalized spacial score (nSPS) is 10.7. The molecule has 0 aliphatic rings. The van der Waals surface area contributed by atoms with E-state index in [-0.39, 0.29) is 0 Å². The van der Waals surface area contributed by atoms with Gasteiger partial charge in [-0.05, 0) is 53.0 Å². The third-order valence-corrected chi connectivity index (χ3v) is 5.56. The van der Waals surface area contributed by atoms with E-state index in [9.17, 15) is 0 Å². The van der Waals surface area contributed by atoms with Gasteiger partial charge in [0.2, 0.25) is 0 Å². The van der Waals surface area contributed by atoms with Crippen LogP contribution in [0.15, 0.2) is 127 Å². The van der Waals surface area contributed by atoms with E-state index in [4.69, 9.17) is 0 Å². The third-order valence-electron chi connectivity index (χ3n) is 5.56. The smallest absolute Gasteiger partial charge is 0.0151 e. The first-order valence-electron chi connectivity index (χ1n) is 10.8. The monoisotopic (exact) mass is 388 g/mol. The molecule has 0 aliphatic carbocycles. The van der Waals surface area contributed by atoms with Gasteiger partial charge < -0.3 is 0 Å². The lowest BCUT2D eigenvalue weighted by Gasteiger charge is -2.17. The molecule has 0 spiro atoms. The first-order valence-corrected chi connectivity index (χ1v) is 10.8. The molecule has 0 N–H and O–H groups in total. The lowest BCUT2D eigenvalue weighted by molar-refractivity contribution is 0.529. The molecule has 0 heteroatoms. The Labute approximate surface area is 180 Å². The molecular weight excluding hydrogens is 360 g/mol. The van der Waals surface area contributed by atoms with Crippen LogP contribution in [0.5, 0.6) is 0 Å². The highest BCUT2D eigenvalue weighted by molar-refractivity contribution is 5.79. The van der Waals surface area contributed by atoms with Crippen molar-refractivity contribution in [1.82, 2.24) is 0 Å². The van der Waals surface area contributed by atoms with Crippen molar-refractivity contribution in [3.8, 4) is 0 Å². The molecule has 0 unspecified atom stereocenters. The lowest BCUT2D eigenvalue weighted by atomic mass is 9.87. The van der Waals surface area contributed by atoms with Gasteiger partial charge in [-0.3, -0.25) is 0 Å². The SMILES string of the molecule is C(CC(Cc1ccccc1)Cc1ccccc1)=C(c1ccccc1)c1ccccc1. The predicted octanol–water partition coefficient (Wildman–Crippen LogP) is 7.61. The molecule has 4 aromatic rings. The van der Waals surface area contributed by atoms with Crippen LogP contribution >= 0.6 is 0 Å². The minimum atomic E-state index is 0.553. The molecule has 0 heterocycles. The number of allylic oxidation sites excluding steroid dienone is 1. The van der Waals surface area contributed by atoms with Crippen molar-refractivity contribution < 1.29 is 0 Å². The van der Waals surface area contributed by atoms with Gasteiger partial charge in [0, 0.05) is 0 Å². The fourth-order valence-electron chi connectivity index (χ4n) is 4.06. The summed E-state index contributed by atoms with van der Waals surface area (Å²) in [5.74, 6) is 0.553. The molecule has 30 heavy (non-hydrogen) atoms. The van der Waals surface area contributed by atoms with E-state index in [1.165, 1.54) is 27.8 Å². The van der Waals surface area contributed by atoms with Gasteiger partial charge in [0.25, 0.3) is 0 Å². The van der Waals surface area contributed by atoms with E-state index in [1.54, 1.807) is 0 Å². The maximum absolute atomic E-state index is 2.45. The summed E-state index contributed by atoms with van der Waals surface area (Å²) in [4.78, 5) is 0. The molecule has 0 aliphatic heterocycles. The molecular formula is C30H28. The highest BCUT2D eigenvalue weighted by Gasteiger charge is 2.12. The number of rotatable bonds is 8. The summed E-state index contributed by atoms with van der Waals surface area (Å²) in [6.07, 6.45) is 5.66. The fourth-order valence-corrected chi connectivity index (χ4v) is 4.06. The zero-order valence-electron chi connectivity index (χ0n) is 17.3.